The maximum Gasteiger partial charge on any atom is 0.249 e. The lowest BCUT2D eigenvalue weighted by Crippen LogP contribution is -2.30. The third-order valence-electron chi connectivity index (χ3n) is 4.03. The van der Waals surface area contributed by atoms with Crippen LogP contribution in [0.4, 0.5) is 5.13 Å². The number of thiazole rings is 1. The standard InChI is InChI=1S/C14H22N6O2S2/c1-2-20-11-12(8-17-20)10-18-4-3-5-19(7-6-18)14-16-9-13(23-14)24(15,21)22/h8-9,11H,2-7,10H2,1H3,(H2,15,21,22). The molecule has 2 aromatic rings. The third kappa shape index (κ3) is 4.12. The van der Waals surface area contributed by atoms with Crippen molar-refractivity contribution >= 4 is 26.5 Å². The molecule has 2 aromatic heterocycles. The van der Waals surface area contributed by atoms with Gasteiger partial charge in [0.1, 0.15) is 0 Å². The summed E-state index contributed by atoms with van der Waals surface area (Å²) >= 11 is 1.14. The van der Waals surface area contributed by atoms with Crippen LogP contribution in [-0.2, 0) is 23.1 Å². The molecule has 0 unspecified atom stereocenters. The molecule has 1 fully saturated rings. The quantitative estimate of drug-likeness (QED) is 0.833. The molecule has 0 saturated carbocycles. The number of hydrogen-bond donors (Lipinski definition) is 1. The molecule has 8 nitrogen and oxygen atoms in total. The van der Waals surface area contributed by atoms with Gasteiger partial charge >= 0.3 is 0 Å². The van der Waals surface area contributed by atoms with Gasteiger partial charge in [0.05, 0.1) is 12.4 Å². The number of aryl methyl sites for hydroxylation is 1. The normalized spacial score (nSPS) is 17.2. The lowest BCUT2D eigenvalue weighted by Gasteiger charge is -2.20. The van der Waals surface area contributed by atoms with Crippen LogP contribution < -0.4 is 10.0 Å². The third-order valence-corrected chi connectivity index (χ3v) is 6.49. The largest absolute Gasteiger partial charge is 0.347 e. The van der Waals surface area contributed by atoms with E-state index in [9.17, 15) is 8.42 Å². The molecule has 0 bridgehead atoms. The van der Waals surface area contributed by atoms with Gasteiger partial charge in [-0.15, -0.1) is 0 Å². The number of sulfonamides is 1. The van der Waals surface area contributed by atoms with Crippen molar-refractivity contribution in [3.05, 3.63) is 24.2 Å². The van der Waals surface area contributed by atoms with Crippen molar-refractivity contribution in [1.29, 1.82) is 0 Å². The molecule has 3 heterocycles. The Morgan fingerprint density at radius 3 is 2.75 bits per heavy atom. The monoisotopic (exact) mass is 370 g/mol. The molecule has 10 heteroatoms. The SMILES string of the molecule is CCn1cc(CN2CCCN(c3ncc(S(N)(=O)=O)s3)CC2)cn1. The minimum atomic E-state index is -3.67. The Balaban J connectivity index is 1.61. The van der Waals surface area contributed by atoms with Crippen molar-refractivity contribution in [3.8, 4) is 0 Å². The van der Waals surface area contributed by atoms with Crippen LogP contribution in [0.2, 0.25) is 0 Å². The van der Waals surface area contributed by atoms with Crippen LogP contribution in [0.1, 0.15) is 18.9 Å². The second-order valence-corrected chi connectivity index (χ2v) is 8.63. The van der Waals surface area contributed by atoms with Crippen molar-refractivity contribution in [2.45, 2.75) is 30.6 Å². The van der Waals surface area contributed by atoms with Crippen LogP contribution >= 0.6 is 11.3 Å². The van der Waals surface area contributed by atoms with E-state index in [0.29, 0.717) is 0 Å². The van der Waals surface area contributed by atoms with E-state index in [-0.39, 0.29) is 4.21 Å². The molecule has 24 heavy (non-hydrogen) atoms. The van der Waals surface area contributed by atoms with Gasteiger partial charge < -0.3 is 4.90 Å². The molecule has 1 aliphatic rings. The highest BCUT2D eigenvalue weighted by molar-refractivity contribution is 7.91. The van der Waals surface area contributed by atoms with Gasteiger partial charge in [-0.1, -0.05) is 11.3 Å². The number of nitrogens with zero attached hydrogens (tertiary/aromatic N) is 5. The van der Waals surface area contributed by atoms with Crippen LogP contribution in [0.3, 0.4) is 0 Å². The van der Waals surface area contributed by atoms with E-state index in [1.807, 2.05) is 10.9 Å². The van der Waals surface area contributed by atoms with Crippen LogP contribution in [0.25, 0.3) is 0 Å². The minimum absolute atomic E-state index is 0.116. The summed E-state index contributed by atoms with van der Waals surface area (Å²) in [7, 11) is -3.67. The predicted molar refractivity (Wildman–Crippen MR) is 93.5 cm³/mol. The molecule has 2 N–H and O–H groups in total. The van der Waals surface area contributed by atoms with Crippen molar-refractivity contribution < 1.29 is 8.42 Å². The summed E-state index contributed by atoms with van der Waals surface area (Å²) in [5.74, 6) is 0. The van der Waals surface area contributed by atoms with Crippen molar-refractivity contribution in [1.82, 2.24) is 19.7 Å². The number of primary sulfonamides is 1. The Hall–Kier alpha value is -1.49. The van der Waals surface area contributed by atoms with Crippen LogP contribution in [0, 0.1) is 0 Å². The Labute approximate surface area is 145 Å². The number of hydrogen-bond acceptors (Lipinski definition) is 7. The molecule has 0 aromatic carbocycles. The summed E-state index contributed by atoms with van der Waals surface area (Å²) in [5, 5.41) is 10.2. The molecular formula is C14H22N6O2S2. The fraction of sp³-hybridized carbons (Fsp3) is 0.571. The first kappa shape index (κ1) is 17.3. The number of aromatic nitrogens is 3. The Morgan fingerprint density at radius 2 is 2.08 bits per heavy atom. The fourth-order valence-electron chi connectivity index (χ4n) is 2.77. The van der Waals surface area contributed by atoms with Gasteiger partial charge in [0, 0.05) is 51.0 Å². The first-order valence-electron chi connectivity index (χ1n) is 7.93. The molecule has 1 aliphatic heterocycles. The summed E-state index contributed by atoms with van der Waals surface area (Å²) in [6, 6.07) is 0. The van der Waals surface area contributed by atoms with Gasteiger partial charge in [-0.25, -0.2) is 18.5 Å². The molecule has 1 saturated heterocycles. The first-order valence-corrected chi connectivity index (χ1v) is 10.3. The summed E-state index contributed by atoms with van der Waals surface area (Å²) in [6.07, 6.45) is 6.36. The smallest absolute Gasteiger partial charge is 0.249 e. The summed E-state index contributed by atoms with van der Waals surface area (Å²) < 4.78 is 24.8. The van der Waals surface area contributed by atoms with Crippen LogP contribution in [0.15, 0.2) is 22.8 Å². The van der Waals surface area contributed by atoms with Gasteiger partial charge in [-0.2, -0.15) is 5.10 Å². The van der Waals surface area contributed by atoms with E-state index < -0.39 is 10.0 Å². The van der Waals surface area contributed by atoms with E-state index in [2.05, 4.69) is 33.0 Å². The summed E-state index contributed by atoms with van der Waals surface area (Å²) in [5.41, 5.74) is 1.22. The zero-order valence-electron chi connectivity index (χ0n) is 13.6. The second kappa shape index (κ2) is 7.18. The zero-order chi connectivity index (χ0) is 17.2. The van der Waals surface area contributed by atoms with Crippen molar-refractivity contribution in [2.75, 3.05) is 31.1 Å². The van der Waals surface area contributed by atoms with Gasteiger partial charge in [-0.3, -0.25) is 9.58 Å². The summed E-state index contributed by atoms with van der Waals surface area (Å²) in [4.78, 5) is 8.75. The second-order valence-electron chi connectivity index (χ2n) is 5.83. The van der Waals surface area contributed by atoms with E-state index >= 15 is 0 Å². The van der Waals surface area contributed by atoms with E-state index in [1.165, 1.54) is 11.8 Å². The lowest BCUT2D eigenvalue weighted by atomic mass is 10.3. The molecule has 0 atom stereocenters. The molecule has 3 rings (SSSR count). The van der Waals surface area contributed by atoms with Crippen molar-refractivity contribution in [2.24, 2.45) is 5.14 Å². The van der Waals surface area contributed by atoms with Gasteiger partial charge in [-0.05, 0) is 13.3 Å². The highest BCUT2D eigenvalue weighted by Crippen LogP contribution is 2.26. The van der Waals surface area contributed by atoms with E-state index in [1.54, 1.807) is 0 Å². The minimum Gasteiger partial charge on any atom is -0.347 e. The number of anilines is 1. The topological polar surface area (TPSA) is 97.4 Å². The molecule has 0 amide bonds. The highest BCUT2D eigenvalue weighted by atomic mass is 32.2. The van der Waals surface area contributed by atoms with Gasteiger partial charge in [0.15, 0.2) is 9.34 Å². The number of rotatable bonds is 5. The molecule has 0 aliphatic carbocycles. The summed E-state index contributed by atoms with van der Waals surface area (Å²) in [6.45, 7) is 7.42. The molecular weight excluding hydrogens is 348 g/mol. The van der Waals surface area contributed by atoms with Crippen LogP contribution in [-0.4, -0.2) is 54.3 Å². The predicted octanol–water partition coefficient (Wildman–Crippen LogP) is 0.719. The maximum absolute atomic E-state index is 11.4. The Bertz CT molecular complexity index is 785. The highest BCUT2D eigenvalue weighted by Gasteiger charge is 2.20. The van der Waals surface area contributed by atoms with E-state index in [4.69, 9.17) is 5.14 Å². The van der Waals surface area contributed by atoms with Crippen molar-refractivity contribution in [3.63, 3.8) is 0 Å². The molecule has 132 valence electrons. The maximum atomic E-state index is 11.4. The van der Waals surface area contributed by atoms with Crippen LogP contribution in [0.5, 0.6) is 0 Å². The fourth-order valence-corrected chi connectivity index (χ4v) is 4.36. The number of nitrogens with two attached hydrogens (primary N) is 1. The molecule has 0 spiro atoms. The molecule has 0 radical (unpaired) electrons. The zero-order valence-corrected chi connectivity index (χ0v) is 15.3. The first-order chi connectivity index (χ1) is 11.5. The average molecular weight is 371 g/mol. The lowest BCUT2D eigenvalue weighted by molar-refractivity contribution is 0.285. The van der Waals surface area contributed by atoms with Gasteiger partial charge in [0.2, 0.25) is 10.0 Å². The average Bonchev–Trinajstić information content (AvgIpc) is 3.14. The van der Waals surface area contributed by atoms with E-state index in [0.717, 1.165) is 62.2 Å². The van der Waals surface area contributed by atoms with Gasteiger partial charge in [0.25, 0.3) is 0 Å². The Morgan fingerprint density at radius 1 is 1.25 bits per heavy atom. The Kier molecular flexibility index (Phi) is 5.18.